The van der Waals surface area contributed by atoms with Gasteiger partial charge in [0.1, 0.15) is 0 Å². The topological polar surface area (TPSA) is 29.5 Å². The van der Waals surface area contributed by atoms with Gasteiger partial charge in [-0.15, -0.1) is 6.58 Å². The fourth-order valence-electron chi connectivity index (χ4n) is 0.560. The zero-order valence-electron chi connectivity index (χ0n) is 6.98. The van der Waals surface area contributed by atoms with E-state index < -0.39 is 5.60 Å². The Bertz CT molecular complexity index is 116. The largest absolute Gasteiger partial charge is 0.251 e. The molecule has 0 heterocycles. The van der Waals surface area contributed by atoms with E-state index in [0.717, 1.165) is 18.4 Å². The molecule has 0 atom stereocenters. The van der Waals surface area contributed by atoms with Gasteiger partial charge in [-0.2, -0.15) is 0 Å². The first-order valence-corrected chi connectivity index (χ1v) is 3.45. The highest BCUT2D eigenvalue weighted by Crippen LogP contribution is 2.17. The molecule has 0 rings (SSSR count). The van der Waals surface area contributed by atoms with E-state index in [1.807, 2.05) is 20.8 Å². The molecule has 0 aromatic rings. The van der Waals surface area contributed by atoms with Crippen LogP contribution in [0.3, 0.4) is 0 Å². The fraction of sp³-hybridized carbons (Fsp3) is 0.750. The van der Waals surface area contributed by atoms with Crippen molar-refractivity contribution in [3.8, 4) is 0 Å². The maximum absolute atomic E-state index is 8.38. The van der Waals surface area contributed by atoms with E-state index in [1.165, 1.54) is 0 Å². The first-order chi connectivity index (χ1) is 4.48. The number of rotatable bonds is 4. The minimum Gasteiger partial charge on any atom is -0.251 e. The Balaban J connectivity index is 3.56. The molecule has 2 heteroatoms. The van der Waals surface area contributed by atoms with Crippen LogP contribution < -0.4 is 0 Å². The van der Waals surface area contributed by atoms with Crippen molar-refractivity contribution in [1.82, 2.24) is 0 Å². The van der Waals surface area contributed by atoms with E-state index in [-0.39, 0.29) is 0 Å². The van der Waals surface area contributed by atoms with Crippen LogP contribution in [-0.2, 0) is 4.89 Å². The standard InChI is InChI=1S/C8H16O2/c1-7(2)5-6-8(3,4)10-9/h9H,1,5-6H2,2-4H3. The second kappa shape index (κ2) is 3.74. The zero-order valence-corrected chi connectivity index (χ0v) is 6.98. The van der Waals surface area contributed by atoms with Crippen molar-refractivity contribution in [2.24, 2.45) is 0 Å². The highest BCUT2D eigenvalue weighted by Gasteiger charge is 2.17. The summed E-state index contributed by atoms with van der Waals surface area (Å²) in [5.41, 5.74) is 0.684. The van der Waals surface area contributed by atoms with Crippen LogP contribution in [0.15, 0.2) is 12.2 Å². The lowest BCUT2D eigenvalue weighted by atomic mass is 10.0. The number of hydrogen-bond donors (Lipinski definition) is 1. The van der Waals surface area contributed by atoms with Gasteiger partial charge in [0, 0.05) is 0 Å². The highest BCUT2D eigenvalue weighted by atomic mass is 17.1. The van der Waals surface area contributed by atoms with Crippen molar-refractivity contribution in [2.75, 3.05) is 0 Å². The predicted octanol–water partition coefficient (Wildman–Crippen LogP) is 2.61. The molecule has 0 saturated carbocycles. The summed E-state index contributed by atoms with van der Waals surface area (Å²) in [7, 11) is 0. The van der Waals surface area contributed by atoms with Gasteiger partial charge in [-0.3, -0.25) is 5.26 Å². The van der Waals surface area contributed by atoms with Gasteiger partial charge < -0.3 is 0 Å². The van der Waals surface area contributed by atoms with Gasteiger partial charge in [0.2, 0.25) is 0 Å². The molecule has 0 saturated heterocycles. The van der Waals surface area contributed by atoms with Crippen molar-refractivity contribution in [2.45, 2.75) is 39.2 Å². The molecule has 2 nitrogen and oxygen atoms in total. The summed E-state index contributed by atoms with van der Waals surface area (Å²) in [4.78, 5) is 4.25. The minimum absolute atomic E-state index is 0.432. The molecule has 1 N–H and O–H groups in total. The van der Waals surface area contributed by atoms with Crippen molar-refractivity contribution < 1.29 is 10.1 Å². The molecule has 0 spiro atoms. The molecule has 0 aliphatic rings. The summed E-state index contributed by atoms with van der Waals surface area (Å²) in [6.07, 6.45) is 1.70. The fourth-order valence-corrected chi connectivity index (χ4v) is 0.560. The van der Waals surface area contributed by atoms with Crippen LogP contribution in [0.25, 0.3) is 0 Å². The number of allylic oxidation sites excluding steroid dienone is 1. The van der Waals surface area contributed by atoms with E-state index in [0.29, 0.717) is 0 Å². The first-order valence-electron chi connectivity index (χ1n) is 3.45. The van der Waals surface area contributed by atoms with Crippen LogP contribution >= 0.6 is 0 Å². The Hall–Kier alpha value is -0.340. The molecule has 0 aliphatic carbocycles. The highest BCUT2D eigenvalue weighted by molar-refractivity contribution is 4.89. The third-order valence-corrected chi connectivity index (χ3v) is 1.40. The Kier molecular flexibility index (Phi) is 3.61. The van der Waals surface area contributed by atoms with Crippen molar-refractivity contribution in [3.05, 3.63) is 12.2 Å². The molecule has 0 aromatic carbocycles. The summed E-state index contributed by atoms with van der Waals surface area (Å²) < 4.78 is 0. The van der Waals surface area contributed by atoms with Gasteiger partial charge in [-0.25, -0.2) is 4.89 Å². The van der Waals surface area contributed by atoms with E-state index in [1.54, 1.807) is 0 Å². The van der Waals surface area contributed by atoms with Crippen LogP contribution in [-0.4, -0.2) is 10.9 Å². The average molecular weight is 144 g/mol. The van der Waals surface area contributed by atoms with Crippen molar-refractivity contribution in [3.63, 3.8) is 0 Å². The van der Waals surface area contributed by atoms with Gasteiger partial charge in [-0.1, -0.05) is 5.57 Å². The van der Waals surface area contributed by atoms with Crippen LogP contribution in [0.2, 0.25) is 0 Å². The molecule has 0 fully saturated rings. The Morgan fingerprint density at radius 3 is 2.40 bits per heavy atom. The van der Waals surface area contributed by atoms with Gasteiger partial charge >= 0.3 is 0 Å². The number of hydrogen-bond acceptors (Lipinski definition) is 2. The predicted molar refractivity (Wildman–Crippen MR) is 41.8 cm³/mol. The summed E-state index contributed by atoms with van der Waals surface area (Å²) in [5, 5.41) is 8.38. The minimum atomic E-state index is -0.432. The Morgan fingerprint density at radius 2 is 2.10 bits per heavy atom. The van der Waals surface area contributed by atoms with Gasteiger partial charge in [0.05, 0.1) is 5.60 Å². The monoisotopic (exact) mass is 144 g/mol. The quantitative estimate of drug-likeness (QED) is 0.373. The van der Waals surface area contributed by atoms with Crippen LogP contribution in [0.4, 0.5) is 0 Å². The third kappa shape index (κ3) is 4.53. The molecule has 10 heavy (non-hydrogen) atoms. The molecule has 0 aromatic heterocycles. The summed E-state index contributed by atoms with van der Waals surface area (Å²) in [6.45, 7) is 9.41. The molecule has 0 amide bonds. The van der Waals surface area contributed by atoms with E-state index in [4.69, 9.17) is 5.26 Å². The lowest BCUT2D eigenvalue weighted by molar-refractivity contribution is -0.314. The summed E-state index contributed by atoms with van der Waals surface area (Å²) >= 11 is 0. The van der Waals surface area contributed by atoms with Crippen LogP contribution in [0, 0.1) is 0 Å². The van der Waals surface area contributed by atoms with E-state index >= 15 is 0 Å². The van der Waals surface area contributed by atoms with Gasteiger partial charge in [0.25, 0.3) is 0 Å². The average Bonchev–Trinajstić information content (AvgIpc) is 1.85. The SMILES string of the molecule is C=C(C)CCC(C)(C)OO. The molecular weight excluding hydrogens is 128 g/mol. The maximum Gasteiger partial charge on any atom is 0.0980 e. The molecule has 0 unspecified atom stereocenters. The molecule has 0 aliphatic heterocycles. The van der Waals surface area contributed by atoms with E-state index in [2.05, 4.69) is 11.5 Å². The van der Waals surface area contributed by atoms with Crippen molar-refractivity contribution in [1.29, 1.82) is 0 Å². The Labute approximate surface area is 62.4 Å². The van der Waals surface area contributed by atoms with Gasteiger partial charge in [-0.05, 0) is 33.6 Å². The lowest BCUT2D eigenvalue weighted by Crippen LogP contribution is -2.22. The third-order valence-electron chi connectivity index (χ3n) is 1.40. The second-order valence-electron chi connectivity index (χ2n) is 3.31. The first kappa shape index (κ1) is 9.66. The second-order valence-corrected chi connectivity index (χ2v) is 3.31. The summed E-state index contributed by atoms with van der Waals surface area (Å²) in [6, 6.07) is 0. The summed E-state index contributed by atoms with van der Waals surface area (Å²) in [5.74, 6) is 0. The van der Waals surface area contributed by atoms with E-state index in [9.17, 15) is 0 Å². The van der Waals surface area contributed by atoms with Crippen molar-refractivity contribution >= 4 is 0 Å². The Morgan fingerprint density at radius 1 is 1.60 bits per heavy atom. The van der Waals surface area contributed by atoms with Gasteiger partial charge in [0.15, 0.2) is 0 Å². The molecule has 60 valence electrons. The van der Waals surface area contributed by atoms with Crippen LogP contribution in [0.1, 0.15) is 33.6 Å². The molecule has 0 bridgehead atoms. The smallest absolute Gasteiger partial charge is 0.0980 e. The normalized spacial score (nSPS) is 11.6. The lowest BCUT2D eigenvalue weighted by Gasteiger charge is -2.19. The zero-order chi connectivity index (χ0) is 8.20. The molecular formula is C8H16O2. The maximum atomic E-state index is 8.38. The van der Waals surface area contributed by atoms with Crippen LogP contribution in [0.5, 0.6) is 0 Å². The molecule has 0 radical (unpaired) electrons.